The summed E-state index contributed by atoms with van der Waals surface area (Å²) in [5.74, 6) is -0.295. The molecule has 0 heterocycles. The number of phenolic OH excluding ortho intramolecular Hbond substituents is 1. The number of aromatic hydroxyl groups is 1. The molecule has 6 N–H and O–H groups in total. The first-order valence-corrected chi connectivity index (χ1v) is 11.0. The van der Waals surface area contributed by atoms with Crippen LogP contribution in [-0.2, 0) is 26.8 Å². The van der Waals surface area contributed by atoms with E-state index < -0.39 is 37.0 Å². The van der Waals surface area contributed by atoms with Gasteiger partial charge in [0.25, 0.3) is 0 Å². The second kappa shape index (κ2) is 11.4. The highest BCUT2D eigenvalue weighted by Gasteiger charge is 2.31. The number of esters is 1. The van der Waals surface area contributed by atoms with Gasteiger partial charge in [0.1, 0.15) is 30.7 Å². The lowest BCUT2D eigenvalue weighted by Crippen LogP contribution is -2.49. The molecule has 4 atom stereocenters. The maximum atomic E-state index is 12.2. The van der Waals surface area contributed by atoms with Gasteiger partial charge in [0.2, 0.25) is 0 Å². The molecular weight excluding hydrogens is 414 g/mol. The minimum atomic E-state index is -1.66. The van der Waals surface area contributed by atoms with Crippen molar-refractivity contribution in [2.75, 3.05) is 20.2 Å². The van der Waals surface area contributed by atoms with Crippen molar-refractivity contribution < 1.29 is 35.1 Å². The predicted octanol–water partition coefficient (Wildman–Crippen LogP) is 1.13. The Bertz CT molecular complexity index is 717. The molecule has 0 saturated carbocycles. The molecule has 0 fully saturated rings. The minimum Gasteiger partial charge on any atom is -0.507 e. The van der Waals surface area contributed by atoms with Gasteiger partial charge in [-0.25, -0.2) is 0 Å². The van der Waals surface area contributed by atoms with Gasteiger partial charge in [0.05, 0.1) is 6.10 Å². The van der Waals surface area contributed by atoms with Crippen molar-refractivity contribution >= 4 is 5.97 Å². The minimum absolute atomic E-state index is 0.0322. The summed E-state index contributed by atoms with van der Waals surface area (Å²) < 4.78 is 5.05. The van der Waals surface area contributed by atoms with Crippen LogP contribution < -0.4 is 5.32 Å². The number of aryl methyl sites for hydroxylation is 1. The molecule has 8 nitrogen and oxygen atoms in total. The molecule has 1 rings (SSSR count). The summed E-state index contributed by atoms with van der Waals surface area (Å²) in [5.41, 5.74) is 1.95. The second-order valence-corrected chi connectivity index (χ2v) is 10.4. The normalized spacial score (nSPS) is 16.3. The number of ether oxygens (including phenoxy) is 1. The maximum Gasteiger partial charge on any atom is 0.306 e. The number of hydrogen-bond donors (Lipinski definition) is 6. The lowest BCUT2D eigenvalue weighted by atomic mass is 9.78. The number of carbonyl (C=O) groups is 1. The van der Waals surface area contributed by atoms with E-state index in [2.05, 4.69) is 5.32 Å². The number of nitrogens with one attached hydrogen (secondary N) is 1. The first-order chi connectivity index (χ1) is 14.6. The van der Waals surface area contributed by atoms with Crippen LogP contribution >= 0.6 is 0 Å². The van der Waals surface area contributed by atoms with E-state index in [0.29, 0.717) is 6.42 Å². The van der Waals surface area contributed by atoms with Gasteiger partial charge >= 0.3 is 5.97 Å². The average molecular weight is 456 g/mol. The Morgan fingerprint density at radius 2 is 1.41 bits per heavy atom. The van der Waals surface area contributed by atoms with Gasteiger partial charge in [0.15, 0.2) is 0 Å². The smallest absolute Gasteiger partial charge is 0.306 e. The van der Waals surface area contributed by atoms with Gasteiger partial charge < -0.3 is 35.6 Å². The third-order valence-corrected chi connectivity index (χ3v) is 5.37. The van der Waals surface area contributed by atoms with Crippen molar-refractivity contribution in [2.24, 2.45) is 0 Å². The molecule has 32 heavy (non-hydrogen) atoms. The van der Waals surface area contributed by atoms with Crippen molar-refractivity contribution in [1.82, 2.24) is 5.32 Å². The van der Waals surface area contributed by atoms with E-state index in [4.69, 9.17) is 4.74 Å². The van der Waals surface area contributed by atoms with Crippen LogP contribution in [0.15, 0.2) is 12.1 Å². The molecule has 1 aromatic rings. The van der Waals surface area contributed by atoms with Crippen LogP contribution in [0.2, 0.25) is 0 Å². The molecule has 8 heteroatoms. The van der Waals surface area contributed by atoms with Gasteiger partial charge in [-0.15, -0.1) is 0 Å². The molecule has 1 aromatic carbocycles. The molecule has 0 unspecified atom stereocenters. The summed E-state index contributed by atoms with van der Waals surface area (Å²) >= 11 is 0. The van der Waals surface area contributed by atoms with E-state index in [-0.39, 0.29) is 29.5 Å². The first-order valence-electron chi connectivity index (χ1n) is 11.0. The standard InChI is InChI=1S/C24H41NO7/c1-23(2,3)15-10-14(11-16(20(15)29)24(4,5)6)8-9-19(28)32-13-18(27)22(31)21(30)17(26)12-25-7/h10-11,17-18,21-22,25-27,29-31H,8-9,12-13H2,1-7H3/t17-,18+,21-,22-/m0/s1. The van der Waals surface area contributed by atoms with E-state index in [1.807, 2.05) is 53.7 Å². The number of benzene rings is 1. The second-order valence-electron chi connectivity index (χ2n) is 10.4. The topological polar surface area (TPSA) is 139 Å². The largest absolute Gasteiger partial charge is 0.507 e. The third kappa shape index (κ3) is 8.01. The highest BCUT2D eigenvalue weighted by molar-refractivity contribution is 5.69. The molecule has 0 amide bonds. The van der Waals surface area contributed by atoms with Gasteiger partial charge in [0, 0.05) is 13.0 Å². The first kappa shape index (κ1) is 28.3. The molecule has 0 aliphatic carbocycles. The zero-order chi connectivity index (χ0) is 24.9. The molecule has 0 aromatic heterocycles. The van der Waals surface area contributed by atoms with Gasteiger partial charge in [-0.2, -0.15) is 0 Å². The summed E-state index contributed by atoms with van der Waals surface area (Å²) in [7, 11) is 1.57. The highest BCUT2D eigenvalue weighted by Crippen LogP contribution is 2.40. The van der Waals surface area contributed by atoms with E-state index in [9.17, 15) is 30.3 Å². The summed E-state index contributed by atoms with van der Waals surface area (Å²) in [5, 5.41) is 52.9. The highest BCUT2D eigenvalue weighted by atomic mass is 16.5. The van der Waals surface area contributed by atoms with Crippen molar-refractivity contribution in [1.29, 1.82) is 0 Å². The Morgan fingerprint density at radius 3 is 1.84 bits per heavy atom. The molecule has 0 radical (unpaired) electrons. The Balaban J connectivity index is 2.79. The van der Waals surface area contributed by atoms with Crippen LogP contribution in [0.5, 0.6) is 5.75 Å². The van der Waals surface area contributed by atoms with Crippen LogP contribution in [0.4, 0.5) is 0 Å². The van der Waals surface area contributed by atoms with E-state index >= 15 is 0 Å². The lowest BCUT2D eigenvalue weighted by Gasteiger charge is -2.28. The summed E-state index contributed by atoms with van der Waals surface area (Å²) in [6.07, 6.45) is -5.62. The summed E-state index contributed by atoms with van der Waals surface area (Å²) in [6.45, 7) is 11.6. The fourth-order valence-corrected chi connectivity index (χ4v) is 3.36. The number of carbonyl (C=O) groups excluding carboxylic acids is 1. The van der Waals surface area contributed by atoms with E-state index in [0.717, 1.165) is 16.7 Å². The van der Waals surface area contributed by atoms with Crippen molar-refractivity contribution in [3.05, 3.63) is 28.8 Å². The van der Waals surface area contributed by atoms with Gasteiger partial charge in [-0.1, -0.05) is 53.7 Å². The van der Waals surface area contributed by atoms with E-state index in [1.54, 1.807) is 7.05 Å². The van der Waals surface area contributed by atoms with Gasteiger partial charge in [-0.05, 0) is 41.0 Å². The fraction of sp³-hybridized carbons (Fsp3) is 0.708. The predicted molar refractivity (Wildman–Crippen MR) is 123 cm³/mol. The van der Waals surface area contributed by atoms with Crippen molar-refractivity contribution in [3.8, 4) is 5.75 Å². The SMILES string of the molecule is CNC[C@H](O)[C@H](O)[C@@H](O)[C@H](O)COC(=O)CCc1cc(C(C)(C)C)c(O)c(C(C)(C)C)c1. The number of rotatable bonds is 10. The average Bonchev–Trinajstić information content (AvgIpc) is 2.68. The number of hydrogen-bond acceptors (Lipinski definition) is 8. The molecule has 0 bridgehead atoms. The van der Waals surface area contributed by atoms with Crippen LogP contribution in [0.3, 0.4) is 0 Å². The van der Waals surface area contributed by atoms with Crippen LogP contribution in [-0.4, -0.2) is 76.1 Å². The summed E-state index contributed by atoms with van der Waals surface area (Å²) in [4.78, 5) is 12.2. The van der Waals surface area contributed by atoms with Crippen molar-refractivity contribution in [2.45, 2.75) is 89.6 Å². The third-order valence-electron chi connectivity index (χ3n) is 5.37. The Morgan fingerprint density at radius 1 is 0.938 bits per heavy atom. The van der Waals surface area contributed by atoms with Gasteiger partial charge in [-0.3, -0.25) is 4.79 Å². The Kier molecular flexibility index (Phi) is 10.1. The summed E-state index contributed by atoms with van der Waals surface area (Å²) in [6, 6.07) is 3.80. The monoisotopic (exact) mass is 455 g/mol. The Labute approximate surface area is 191 Å². The molecular formula is C24H41NO7. The maximum absolute atomic E-state index is 12.2. The molecule has 0 aliphatic rings. The molecule has 0 saturated heterocycles. The number of phenols is 1. The van der Waals surface area contributed by atoms with E-state index in [1.165, 1.54) is 0 Å². The molecule has 184 valence electrons. The van der Waals surface area contributed by atoms with Crippen molar-refractivity contribution in [3.63, 3.8) is 0 Å². The number of aliphatic hydroxyl groups excluding tert-OH is 4. The van der Waals surface area contributed by atoms with Crippen LogP contribution in [0.25, 0.3) is 0 Å². The molecule has 0 aliphatic heterocycles. The quantitative estimate of drug-likeness (QED) is 0.289. The lowest BCUT2D eigenvalue weighted by molar-refractivity contribution is -0.154. The Hall–Kier alpha value is -1.71. The van der Waals surface area contributed by atoms with Crippen LogP contribution in [0.1, 0.15) is 64.7 Å². The number of aliphatic hydroxyl groups is 4. The zero-order valence-electron chi connectivity index (χ0n) is 20.3. The van der Waals surface area contributed by atoms with Crippen LogP contribution in [0, 0.1) is 0 Å². The molecule has 0 spiro atoms. The number of likely N-dealkylation sites (N-methyl/N-ethyl adjacent to an activating group) is 1. The zero-order valence-corrected chi connectivity index (χ0v) is 20.3. The fourth-order valence-electron chi connectivity index (χ4n) is 3.36.